The molecule has 0 atom stereocenters. The molecule has 0 amide bonds. The van der Waals surface area contributed by atoms with Crippen molar-refractivity contribution in [2.24, 2.45) is 0 Å². The minimum Gasteiger partial charge on any atom is -0.174 e. The van der Waals surface area contributed by atoms with Crippen LogP contribution in [-0.2, 0) is 38.5 Å². The van der Waals surface area contributed by atoms with Crippen molar-refractivity contribution < 1.29 is 8.78 Å². The van der Waals surface area contributed by atoms with Crippen LogP contribution in [-0.4, -0.2) is 0 Å². The molecule has 0 N–H and O–H groups in total. The Morgan fingerprint density at radius 2 is 0.244 bits per heavy atom. The van der Waals surface area contributed by atoms with Crippen LogP contribution in [0.15, 0.2) is 304 Å². The number of hydrogen-bond donors (Lipinski definition) is 0. The van der Waals surface area contributed by atoms with E-state index in [0.717, 1.165) is 38.5 Å². The van der Waals surface area contributed by atoms with Crippen LogP contribution in [0.2, 0.25) is 0 Å². The van der Waals surface area contributed by atoms with Crippen molar-refractivity contribution in [3.8, 4) is 66.8 Å². The van der Waals surface area contributed by atoms with Crippen LogP contribution in [0.5, 0.6) is 0 Å². The fourth-order valence-corrected chi connectivity index (χ4v) is 12.5. The number of hydrogen-bond acceptors (Lipinski definition) is 0. The molecule has 396 valence electrons. The summed E-state index contributed by atoms with van der Waals surface area (Å²) >= 11 is 0. The molecule has 0 fully saturated rings. The molecule has 0 saturated heterocycles. The van der Waals surface area contributed by atoms with E-state index < -0.39 is 6.08 Å². The Bertz CT molecular complexity index is 3280. The van der Waals surface area contributed by atoms with E-state index in [2.05, 4.69) is 298 Å². The molecular weight excluding hydrogens is 999 g/mol. The van der Waals surface area contributed by atoms with Crippen LogP contribution in [0.1, 0.15) is 66.8 Å². The SMILES string of the molecule is C=C(F)F.c1ccc2c(c1)Cc1ccccc1-2.c1ccc2c(c1)Cc1ccccc1-2.c1ccc2c(c1)Cc1ccccc1-2.c1ccc2c(c1)Cc1ccccc1-2.c1ccc2c(c1)Cc1ccccc1-2.c1ccc2c(c1)Cc1ccccc1-2. The van der Waals surface area contributed by atoms with Gasteiger partial charge in [0.1, 0.15) is 0 Å². The van der Waals surface area contributed by atoms with Crippen LogP contribution in [0.3, 0.4) is 0 Å². The lowest BCUT2D eigenvalue weighted by Gasteiger charge is -1.98. The molecule has 0 aromatic heterocycles. The van der Waals surface area contributed by atoms with Gasteiger partial charge >= 0.3 is 0 Å². The van der Waals surface area contributed by atoms with E-state index in [1.807, 2.05) is 0 Å². The van der Waals surface area contributed by atoms with Gasteiger partial charge in [-0.05, 0) is 179 Å². The molecule has 0 heterocycles. The van der Waals surface area contributed by atoms with Crippen molar-refractivity contribution in [3.63, 3.8) is 0 Å². The summed E-state index contributed by atoms with van der Waals surface area (Å²) in [7, 11) is 0. The lowest BCUT2D eigenvalue weighted by atomic mass is 10.1. The highest BCUT2D eigenvalue weighted by molar-refractivity contribution is 5.81. The minimum atomic E-state index is -1.83. The molecule has 2 heteroatoms. The molecule has 0 nitrogen and oxygen atoms in total. The molecule has 6 aliphatic rings. The van der Waals surface area contributed by atoms with Crippen molar-refractivity contribution in [1.82, 2.24) is 0 Å². The van der Waals surface area contributed by atoms with Crippen LogP contribution >= 0.6 is 0 Å². The number of rotatable bonds is 0. The molecular formula is C80H62F2. The zero-order valence-electron chi connectivity index (χ0n) is 45.9. The smallest absolute Gasteiger partial charge is 0.174 e. The normalized spacial score (nSPS) is 12.0. The van der Waals surface area contributed by atoms with Gasteiger partial charge in [-0.25, -0.2) is 0 Å². The van der Waals surface area contributed by atoms with Crippen molar-refractivity contribution in [1.29, 1.82) is 0 Å². The third-order valence-corrected chi connectivity index (χ3v) is 16.2. The highest BCUT2D eigenvalue weighted by atomic mass is 19.3. The average molecular weight is 1060 g/mol. The van der Waals surface area contributed by atoms with E-state index in [9.17, 15) is 8.78 Å². The molecule has 0 spiro atoms. The Labute approximate surface area is 482 Å². The maximum Gasteiger partial charge on any atom is 0.263 e. The first-order valence-corrected chi connectivity index (χ1v) is 28.4. The molecule has 18 rings (SSSR count). The molecule has 12 aromatic carbocycles. The van der Waals surface area contributed by atoms with Gasteiger partial charge in [0.05, 0.1) is 0 Å². The van der Waals surface area contributed by atoms with Gasteiger partial charge in [0.15, 0.2) is 0 Å². The maximum atomic E-state index is 10.1. The third-order valence-electron chi connectivity index (χ3n) is 16.2. The van der Waals surface area contributed by atoms with E-state index in [1.165, 1.54) is 134 Å². The monoisotopic (exact) mass is 1060 g/mol. The van der Waals surface area contributed by atoms with Crippen molar-refractivity contribution >= 4 is 0 Å². The highest BCUT2D eigenvalue weighted by Gasteiger charge is 2.21. The fraction of sp³-hybridized carbons (Fsp3) is 0.0750. The Morgan fingerprint density at radius 3 is 0.329 bits per heavy atom. The predicted octanol–water partition coefficient (Wildman–Crippen LogP) is 20.9. The Kier molecular flexibility index (Phi) is 16.0. The summed E-state index contributed by atoms with van der Waals surface area (Å²) in [5.41, 5.74) is 34.5. The summed E-state index contributed by atoms with van der Waals surface area (Å²) in [6.45, 7) is 2.22. The first-order valence-electron chi connectivity index (χ1n) is 28.4. The van der Waals surface area contributed by atoms with Gasteiger partial charge in [-0.2, -0.15) is 8.78 Å². The highest BCUT2D eigenvalue weighted by Crippen LogP contribution is 2.40. The average Bonchev–Trinajstić information content (AvgIpc) is 4.51. The van der Waals surface area contributed by atoms with Crippen molar-refractivity contribution in [2.45, 2.75) is 38.5 Å². The number of fused-ring (bicyclic) bond motifs is 18. The van der Waals surface area contributed by atoms with E-state index in [1.54, 1.807) is 0 Å². The van der Waals surface area contributed by atoms with Gasteiger partial charge in [-0.15, -0.1) is 0 Å². The molecule has 0 radical (unpaired) electrons. The number of benzene rings is 12. The summed E-state index contributed by atoms with van der Waals surface area (Å²) in [5, 5.41) is 0. The summed E-state index contributed by atoms with van der Waals surface area (Å²) in [5.74, 6) is 0. The van der Waals surface area contributed by atoms with E-state index in [4.69, 9.17) is 0 Å². The Balaban J connectivity index is 0.0000000961. The largest absolute Gasteiger partial charge is 0.263 e. The first kappa shape index (κ1) is 52.9. The third kappa shape index (κ3) is 11.6. The molecule has 0 aliphatic heterocycles. The lowest BCUT2D eigenvalue weighted by Crippen LogP contribution is -1.77. The van der Waals surface area contributed by atoms with Gasteiger partial charge < -0.3 is 0 Å². The molecule has 0 unspecified atom stereocenters. The topological polar surface area (TPSA) is 0 Å². The predicted molar refractivity (Wildman–Crippen MR) is 339 cm³/mol. The second-order valence-corrected chi connectivity index (χ2v) is 21.3. The van der Waals surface area contributed by atoms with Gasteiger partial charge in [-0.3, -0.25) is 0 Å². The van der Waals surface area contributed by atoms with Gasteiger partial charge in [0.2, 0.25) is 0 Å². The zero-order chi connectivity index (χ0) is 55.6. The molecule has 0 bridgehead atoms. The summed E-state index contributed by atoms with van der Waals surface area (Å²) in [6.07, 6.45) is 4.79. The van der Waals surface area contributed by atoms with Crippen LogP contribution < -0.4 is 0 Å². The fourth-order valence-electron chi connectivity index (χ4n) is 12.5. The summed E-state index contributed by atoms with van der Waals surface area (Å²) < 4.78 is 20.3. The van der Waals surface area contributed by atoms with Crippen molar-refractivity contribution in [2.75, 3.05) is 0 Å². The van der Waals surface area contributed by atoms with Gasteiger partial charge in [0, 0.05) is 0 Å². The van der Waals surface area contributed by atoms with E-state index >= 15 is 0 Å². The standard InChI is InChI=1S/6C13H10.C2H2F2/c6*1-3-7-12-10(5-1)9-11-6-2-4-8-13(11)12;1-2(3)4/h6*1-8H,9H2;1H2. The van der Waals surface area contributed by atoms with Gasteiger partial charge in [0.25, 0.3) is 6.08 Å². The Morgan fingerprint density at radius 1 is 0.171 bits per heavy atom. The molecule has 0 saturated carbocycles. The van der Waals surface area contributed by atoms with E-state index in [-0.39, 0.29) is 0 Å². The maximum absolute atomic E-state index is 10.1. The van der Waals surface area contributed by atoms with Crippen LogP contribution in [0.25, 0.3) is 66.8 Å². The minimum absolute atomic E-state index is 1.10. The molecule has 6 aliphatic carbocycles. The first-order chi connectivity index (χ1) is 40.4. The summed E-state index contributed by atoms with van der Waals surface area (Å²) in [6, 6.07) is 104. The van der Waals surface area contributed by atoms with Crippen molar-refractivity contribution in [3.05, 3.63) is 371 Å². The second-order valence-electron chi connectivity index (χ2n) is 21.3. The lowest BCUT2D eigenvalue weighted by molar-refractivity contribution is 0.426. The zero-order valence-corrected chi connectivity index (χ0v) is 45.9. The molecule has 12 aromatic rings. The van der Waals surface area contributed by atoms with Crippen LogP contribution in [0.4, 0.5) is 8.78 Å². The quantitative estimate of drug-likeness (QED) is 0.142. The van der Waals surface area contributed by atoms with E-state index in [0.29, 0.717) is 0 Å². The summed E-state index contributed by atoms with van der Waals surface area (Å²) in [4.78, 5) is 0. The number of halogens is 2. The molecule has 82 heavy (non-hydrogen) atoms. The Hall–Kier alpha value is -9.76. The second kappa shape index (κ2) is 24.7. The van der Waals surface area contributed by atoms with Crippen LogP contribution in [0, 0.1) is 0 Å². The van der Waals surface area contributed by atoms with Gasteiger partial charge in [-0.1, -0.05) is 291 Å².